The molecule has 0 aliphatic rings. The Balaban J connectivity index is 3.01. The van der Waals surface area contributed by atoms with Crippen molar-refractivity contribution in [1.29, 1.82) is 0 Å². The van der Waals surface area contributed by atoms with Crippen LogP contribution in [0.4, 0.5) is 5.69 Å². The quantitative estimate of drug-likeness (QED) is 0.687. The van der Waals surface area contributed by atoms with Gasteiger partial charge in [-0.2, -0.15) is 0 Å². The zero-order chi connectivity index (χ0) is 13.9. The van der Waals surface area contributed by atoms with Gasteiger partial charge in [0.15, 0.2) is 5.78 Å². The lowest BCUT2D eigenvalue weighted by molar-refractivity contribution is -0.125. The Hall–Kier alpha value is -0.970. The molecule has 1 N–H and O–H groups in total. The molecule has 0 spiro atoms. The first kappa shape index (κ1) is 15.1. The van der Waals surface area contributed by atoms with Crippen molar-refractivity contribution in [1.82, 2.24) is 0 Å². The summed E-state index contributed by atoms with van der Waals surface area (Å²) >= 11 is 17.1. The Morgan fingerprint density at radius 1 is 1.33 bits per heavy atom. The van der Waals surface area contributed by atoms with Crippen molar-refractivity contribution >= 4 is 52.2 Å². The summed E-state index contributed by atoms with van der Waals surface area (Å²) < 4.78 is 2.88. The molecule has 0 heterocycles. The van der Waals surface area contributed by atoms with Crippen LogP contribution in [0.1, 0.15) is 6.92 Å². The number of carbonyl (C=O) groups excluding carboxylic acids is 2. The summed E-state index contributed by atoms with van der Waals surface area (Å²) in [6.07, 6.45) is 0. The van der Waals surface area contributed by atoms with Gasteiger partial charge in [0.05, 0.1) is 12.8 Å². The minimum Gasteiger partial charge on any atom is -0.495 e. The lowest BCUT2D eigenvalue weighted by atomic mass is 10.2. The third-order valence-corrected chi connectivity index (χ3v) is 3.25. The van der Waals surface area contributed by atoms with E-state index in [1.807, 2.05) is 0 Å². The first-order valence-electron chi connectivity index (χ1n) is 4.83. The number of carbonyl (C=O) groups is 2. The third-order valence-electron chi connectivity index (χ3n) is 2.14. The normalized spacial score (nSPS) is 10.9. The molecule has 0 fully saturated rings. The number of amides is 1. The Bertz CT molecular complexity index is 488. The van der Waals surface area contributed by atoms with Crippen LogP contribution in [0.15, 0.2) is 18.2 Å². The lowest BCUT2D eigenvalue weighted by Crippen LogP contribution is -2.38. The molecule has 0 radical (unpaired) electrons. The van der Waals surface area contributed by atoms with E-state index in [4.69, 9.17) is 39.5 Å². The van der Waals surface area contributed by atoms with Crippen LogP contribution in [-0.2, 0) is 9.59 Å². The number of hydrogen-bond acceptors (Lipinski definition) is 3. The van der Waals surface area contributed by atoms with Crippen LogP contribution < -0.4 is 10.1 Å². The number of methoxy groups -OCH3 is 1. The smallest absolute Gasteiger partial charge is 0.268 e. The van der Waals surface area contributed by atoms with E-state index >= 15 is 0 Å². The highest BCUT2D eigenvalue weighted by Crippen LogP contribution is 2.30. The Labute approximate surface area is 119 Å². The number of ether oxygens (including phenoxy) is 1. The third kappa shape index (κ3) is 3.28. The molecule has 18 heavy (non-hydrogen) atoms. The maximum atomic E-state index is 11.8. The molecule has 0 aromatic heterocycles. The Morgan fingerprint density at radius 2 is 1.94 bits per heavy atom. The monoisotopic (exact) mass is 309 g/mol. The minimum atomic E-state index is -2.15. The standard InChI is InChI=1S/C11H10Cl3NO3/c1-6(16)11(13,14)10(17)15-8-5-7(12)3-4-9(8)18-2/h3-5H,1-2H3,(H,15,17). The number of ketones is 1. The fourth-order valence-electron chi connectivity index (χ4n) is 1.14. The molecule has 1 amide bonds. The molecular formula is C11H10Cl3NO3. The van der Waals surface area contributed by atoms with Crippen molar-refractivity contribution < 1.29 is 14.3 Å². The second-order valence-electron chi connectivity index (χ2n) is 3.43. The molecule has 98 valence electrons. The zero-order valence-corrected chi connectivity index (χ0v) is 11.9. The van der Waals surface area contributed by atoms with E-state index in [2.05, 4.69) is 5.32 Å². The van der Waals surface area contributed by atoms with E-state index in [0.29, 0.717) is 10.8 Å². The van der Waals surface area contributed by atoms with Gasteiger partial charge in [-0.3, -0.25) is 9.59 Å². The van der Waals surface area contributed by atoms with Gasteiger partial charge in [-0.15, -0.1) is 0 Å². The van der Waals surface area contributed by atoms with Gasteiger partial charge in [0.2, 0.25) is 0 Å². The van der Waals surface area contributed by atoms with Crippen LogP contribution in [0.2, 0.25) is 5.02 Å². The number of hydrogen-bond donors (Lipinski definition) is 1. The van der Waals surface area contributed by atoms with Crippen LogP contribution in [0, 0.1) is 0 Å². The van der Waals surface area contributed by atoms with Gasteiger partial charge >= 0.3 is 0 Å². The van der Waals surface area contributed by atoms with Crippen molar-refractivity contribution in [3.05, 3.63) is 23.2 Å². The van der Waals surface area contributed by atoms with Crippen LogP contribution in [0.5, 0.6) is 5.75 Å². The first-order chi connectivity index (χ1) is 8.28. The second kappa shape index (κ2) is 5.78. The largest absolute Gasteiger partial charge is 0.495 e. The number of halogens is 3. The summed E-state index contributed by atoms with van der Waals surface area (Å²) in [7, 11) is 1.43. The van der Waals surface area contributed by atoms with Crippen molar-refractivity contribution in [3.63, 3.8) is 0 Å². The fourth-order valence-corrected chi connectivity index (χ4v) is 1.41. The Morgan fingerprint density at radius 3 is 2.44 bits per heavy atom. The molecule has 1 aromatic rings. The highest BCUT2D eigenvalue weighted by atomic mass is 35.5. The van der Waals surface area contributed by atoms with Gasteiger partial charge in [0, 0.05) is 5.02 Å². The van der Waals surface area contributed by atoms with Crippen molar-refractivity contribution in [2.24, 2.45) is 0 Å². The molecule has 4 nitrogen and oxygen atoms in total. The average molecular weight is 311 g/mol. The molecule has 0 unspecified atom stereocenters. The summed E-state index contributed by atoms with van der Waals surface area (Å²) in [6.45, 7) is 1.12. The van der Waals surface area contributed by atoms with E-state index in [1.54, 1.807) is 12.1 Å². The number of rotatable bonds is 4. The topological polar surface area (TPSA) is 55.4 Å². The Kier molecular flexibility index (Phi) is 4.85. The summed E-state index contributed by atoms with van der Waals surface area (Å²) in [4.78, 5) is 22.9. The van der Waals surface area contributed by atoms with Crippen LogP contribution >= 0.6 is 34.8 Å². The molecular weight excluding hydrogens is 300 g/mol. The van der Waals surface area contributed by atoms with E-state index in [-0.39, 0.29) is 5.69 Å². The molecule has 1 rings (SSSR count). The average Bonchev–Trinajstić information content (AvgIpc) is 2.29. The molecule has 0 bridgehead atoms. The molecule has 7 heteroatoms. The molecule has 0 saturated carbocycles. The van der Waals surface area contributed by atoms with Gasteiger partial charge in [-0.1, -0.05) is 34.8 Å². The van der Waals surface area contributed by atoms with Crippen LogP contribution in [0.25, 0.3) is 0 Å². The van der Waals surface area contributed by atoms with E-state index in [1.165, 1.54) is 13.2 Å². The summed E-state index contributed by atoms with van der Waals surface area (Å²) in [5.41, 5.74) is 0.280. The SMILES string of the molecule is COc1ccc(Cl)cc1NC(=O)C(Cl)(Cl)C(C)=O. The predicted molar refractivity (Wildman–Crippen MR) is 71.8 cm³/mol. The maximum absolute atomic E-state index is 11.8. The van der Waals surface area contributed by atoms with Crippen molar-refractivity contribution in [2.75, 3.05) is 12.4 Å². The molecule has 1 aromatic carbocycles. The summed E-state index contributed by atoms with van der Waals surface area (Å²) in [6, 6.07) is 4.62. The maximum Gasteiger partial charge on any atom is 0.268 e. The van der Waals surface area contributed by atoms with E-state index < -0.39 is 16.0 Å². The van der Waals surface area contributed by atoms with Gasteiger partial charge in [0.25, 0.3) is 10.2 Å². The number of benzene rings is 1. The number of Topliss-reactive ketones (excluding diaryl/α,β-unsaturated/α-hetero) is 1. The highest BCUT2D eigenvalue weighted by Gasteiger charge is 2.39. The highest BCUT2D eigenvalue weighted by molar-refractivity contribution is 6.68. The summed E-state index contributed by atoms with van der Waals surface area (Å²) in [5.74, 6) is -1.16. The van der Waals surface area contributed by atoms with E-state index in [0.717, 1.165) is 6.92 Å². The predicted octanol–water partition coefficient (Wildman–Crippen LogP) is 3.05. The number of anilines is 1. The molecule has 0 atom stereocenters. The van der Waals surface area contributed by atoms with Crippen molar-refractivity contribution in [3.8, 4) is 5.75 Å². The second-order valence-corrected chi connectivity index (χ2v) is 5.19. The number of alkyl halides is 2. The van der Waals surface area contributed by atoms with Crippen molar-refractivity contribution in [2.45, 2.75) is 11.3 Å². The van der Waals surface area contributed by atoms with Gasteiger partial charge in [0.1, 0.15) is 5.75 Å². The molecule has 0 aliphatic heterocycles. The zero-order valence-electron chi connectivity index (χ0n) is 9.59. The van der Waals surface area contributed by atoms with Gasteiger partial charge < -0.3 is 10.1 Å². The van der Waals surface area contributed by atoms with Crippen LogP contribution in [-0.4, -0.2) is 23.1 Å². The van der Waals surface area contributed by atoms with Crippen LogP contribution in [0.3, 0.4) is 0 Å². The van der Waals surface area contributed by atoms with Gasteiger partial charge in [-0.05, 0) is 25.1 Å². The van der Waals surface area contributed by atoms with Gasteiger partial charge in [-0.25, -0.2) is 0 Å². The molecule has 0 saturated heterocycles. The molecule has 0 aliphatic carbocycles. The minimum absolute atomic E-state index is 0.280. The first-order valence-corrected chi connectivity index (χ1v) is 5.96. The van der Waals surface area contributed by atoms with E-state index in [9.17, 15) is 9.59 Å². The fraction of sp³-hybridized carbons (Fsp3) is 0.273. The summed E-state index contributed by atoms with van der Waals surface area (Å²) in [5, 5.41) is 2.78. The lowest BCUT2D eigenvalue weighted by Gasteiger charge is -2.17. The number of nitrogens with one attached hydrogen (secondary N) is 1.